The standard InChI is InChI=1S/C31H40FNO5SSi/c1-18(2)40(19(3)4,20(5)6)38-31-27-26(23(14-16-39(7,36)37)24-9-8-15-33-28(24)31)29(34)25(30(27)35)17-21-10-12-22(32)13-11-21/h8-13,15,18-20,25,29,34H,14,16-17H2,1-7H3. The lowest BCUT2D eigenvalue weighted by molar-refractivity contribution is 0.0755. The Labute approximate surface area is 238 Å². The number of Topliss-reactive ketones (excluding diaryl/α,β-unsaturated/α-hetero) is 1. The van der Waals surface area contributed by atoms with Gasteiger partial charge in [-0.25, -0.2) is 12.8 Å². The monoisotopic (exact) mass is 585 g/mol. The number of aliphatic hydroxyl groups is 1. The number of pyridine rings is 1. The molecule has 0 fully saturated rings. The number of halogens is 1. The fraction of sp³-hybridized carbons (Fsp3) is 0.484. The van der Waals surface area contributed by atoms with Gasteiger partial charge in [-0.1, -0.05) is 59.7 Å². The number of rotatable bonds is 10. The predicted octanol–water partition coefficient (Wildman–Crippen LogP) is 6.60. The molecule has 1 aliphatic rings. The van der Waals surface area contributed by atoms with Crippen molar-refractivity contribution < 1.29 is 27.1 Å². The van der Waals surface area contributed by atoms with Gasteiger partial charge in [-0.05, 0) is 64.4 Å². The van der Waals surface area contributed by atoms with Crippen molar-refractivity contribution >= 4 is 34.8 Å². The molecule has 2 atom stereocenters. The van der Waals surface area contributed by atoms with E-state index in [0.29, 0.717) is 33.3 Å². The molecule has 216 valence electrons. The summed E-state index contributed by atoms with van der Waals surface area (Å²) in [7, 11) is -5.88. The first-order valence-electron chi connectivity index (χ1n) is 14.0. The third-order valence-electron chi connectivity index (χ3n) is 8.51. The number of ketones is 1. The Morgan fingerprint density at radius 3 is 2.17 bits per heavy atom. The van der Waals surface area contributed by atoms with Gasteiger partial charge in [-0.3, -0.25) is 9.78 Å². The highest BCUT2D eigenvalue weighted by Crippen LogP contribution is 2.51. The summed E-state index contributed by atoms with van der Waals surface area (Å²) in [5, 5.41) is 12.4. The van der Waals surface area contributed by atoms with E-state index in [0.717, 1.165) is 5.56 Å². The maximum Gasteiger partial charge on any atom is 0.258 e. The fourth-order valence-electron chi connectivity index (χ4n) is 6.73. The average Bonchev–Trinajstić information content (AvgIpc) is 3.11. The second kappa shape index (κ2) is 11.3. The zero-order valence-corrected chi connectivity index (χ0v) is 26.2. The predicted molar refractivity (Wildman–Crippen MR) is 160 cm³/mol. The number of sulfone groups is 1. The fourth-order valence-corrected chi connectivity index (χ4v) is 12.6. The van der Waals surface area contributed by atoms with E-state index in [2.05, 4.69) is 46.5 Å². The molecule has 0 aliphatic heterocycles. The van der Waals surface area contributed by atoms with Gasteiger partial charge in [0.1, 0.15) is 26.9 Å². The number of benzene rings is 2. The Hall–Kier alpha value is -2.62. The zero-order chi connectivity index (χ0) is 29.6. The summed E-state index contributed by atoms with van der Waals surface area (Å²) in [4.78, 5) is 18.9. The van der Waals surface area contributed by atoms with E-state index in [1.165, 1.54) is 18.4 Å². The number of hydrogen-bond donors (Lipinski definition) is 1. The van der Waals surface area contributed by atoms with Gasteiger partial charge in [-0.15, -0.1) is 0 Å². The van der Waals surface area contributed by atoms with Crippen LogP contribution in [0.4, 0.5) is 4.39 Å². The van der Waals surface area contributed by atoms with Gasteiger partial charge in [0.15, 0.2) is 5.78 Å². The first-order valence-corrected chi connectivity index (χ1v) is 18.2. The minimum absolute atomic E-state index is 0.129. The van der Waals surface area contributed by atoms with Crippen LogP contribution < -0.4 is 4.43 Å². The molecule has 6 nitrogen and oxygen atoms in total. The van der Waals surface area contributed by atoms with Crippen molar-refractivity contribution in [1.29, 1.82) is 0 Å². The van der Waals surface area contributed by atoms with Crippen molar-refractivity contribution in [2.45, 2.75) is 77.1 Å². The Morgan fingerprint density at radius 1 is 1.02 bits per heavy atom. The van der Waals surface area contributed by atoms with E-state index in [4.69, 9.17) is 4.43 Å². The van der Waals surface area contributed by atoms with E-state index >= 15 is 0 Å². The van der Waals surface area contributed by atoms with Gasteiger partial charge in [0, 0.05) is 17.8 Å². The Morgan fingerprint density at radius 2 is 1.62 bits per heavy atom. The van der Waals surface area contributed by atoms with Crippen LogP contribution in [-0.4, -0.2) is 44.6 Å². The van der Waals surface area contributed by atoms with Gasteiger partial charge >= 0.3 is 0 Å². The zero-order valence-electron chi connectivity index (χ0n) is 24.4. The third-order valence-corrected chi connectivity index (χ3v) is 15.4. The second-order valence-corrected chi connectivity index (χ2v) is 19.7. The van der Waals surface area contributed by atoms with Crippen LogP contribution in [0.25, 0.3) is 10.9 Å². The molecule has 1 aromatic heterocycles. The van der Waals surface area contributed by atoms with E-state index in [1.807, 2.05) is 6.07 Å². The number of aryl methyl sites for hydroxylation is 1. The lowest BCUT2D eigenvalue weighted by Crippen LogP contribution is -2.51. The first kappa shape index (κ1) is 30.3. The van der Waals surface area contributed by atoms with Gasteiger partial charge in [0.2, 0.25) is 0 Å². The summed E-state index contributed by atoms with van der Waals surface area (Å²) in [5.74, 6) is -1.17. The Balaban J connectivity index is 2.00. The molecule has 2 unspecified atom stereocenters. The SMILES string of the molecule is CC(C)[Si](Oc1c2c(c(CCS(C)(=O)=O)c3cccnc13)C(O)C(Cc1ccc(F)cc1)C2=O)(C(C)C)C(C)C. The lowest BCUT2D eigenvalue weighted by Gasteiger charge is -2.42. The summed E-state index contributed by atoms with van der Waals surface area (Å²) in [6, 6.07) is 9.55. The highest BCUT2D eigenvalue weighted by atomic mass is 32.2. The molecule has 1 heterocycles. The van der Waals surface area contributed by atoms with Crippen molar-refractivity contribution in [1.82, 2.24) is 4.98 Å². The summed E-state index contributed by atoms with van der Waals surface area (Å²) in [5.41, 5.74) is 3.29. The van der Waals surface area contributed by atoms with Gasteiger partial charge in [-0.2, -0.15) is 0 Å². The summed E-state index contributed by atoms with van der Waals surface area (Å²) < 4.78 is 45.1. The number of fused-ring (bicyclic) bond motifs is 2. The van der Waals surface area contributed by atoms with Crippen LogP contribution in [0.1, 0.15) is 74.7 Å². The van der Waals surface area contributed by atoms with Crippen LogP contribution in [0.2, 0.25) is 16.6 Å². The first-order chi connectivity index (χ1) is 18.7. The van der Waals surface area contributed by atoms with Crippen molar-refractivity contribution in [3.05, 3.63) is 70.7 Å². The summed E-state index contributed by atoms with van der Waals surface area (Å²) >= 11 is 0. The largest absolute Gasteiger partial charge is 0.541 e. The molecule has 4 rings (SSSR count). The maximum atomic E-state index is 14.2. The van der Waals surface area contributed by atoms with Crippen molar-refractivity contribution in [2.75, 3.05) is 12.0 Å². The molecule has 0 saturated carbocycles. The van der Waals surface area contributed by atoms with E-state index < -0.39 is 30.2 Å². The van der Waals surface area contributed by atoms with Gasteiger partial charge in [0.25, 0.3) is 8.32 Å². The van der Waals surface area contributed by atoms with E-state index in [9.17, 15) is 22.7 Å². The lowest BCUT2D eigenvalue weighted by atomic mass is 9.92. The molecule has 40 heavy (non-hydrogen) atoms. The number of carbonyl (C=O) groups excluding carboxylic acids is 1. The number of carbonyl (C=O) groups is 1. The van der Waals surface area contributed by atoms with E-state index in [1.54, 1.807) is 24.4 Å². The normalized spacial score (nSPS) is 17.9. The molecule has 3 aromatic rings. The molecule has 2 aromatic carbocycles. The molecule has 0 amide bonds. The Bertz CT molecular complexity index is 1500. The van der Waals surface area contributed by atoms with Crippen molar-refractivity contribution in [2.24, 2.45) is 5.92 Å². The van der Waals surface area contributed by atoms with Crippen LogP contribution in [-0.2, 0) is 22.7 Å². The summed E-state index contributed by atoms with van der Waals surface area (Å²) in [6.07, 6.45) is 2.01. The van der Waals surface area contributed by atoms with Crippen molar-refractivity contribution in [3.8, 4) is 5.75 Å². The van der Waals surface area contributed by atoms with Crippen LogP contribution in [0.5, 0.6) is 5.75 Å². The quantitative estimate of drug-likeness (QED) is 0.269. The molecule has 0 spiro atoms. The minimum atomic E-state index is -3.33. The summed E-state index contributed by atoms with van der Waals surface area (Å²) in [6.45, 7) is 13.0. The molecular formula is C31H40FNO5SSi. The molecule has 0 saturated heterocycles. The van der Waals surface area contributed by atoms with E-state index in [-0.39, 0.29) is 46.8 Å². The van der Waals surface area contributed by atoms with Gasteiger partial charge < -0.3 is 9.53 Å². The Kier molecular flexibility index (Phi) is 8.60. The topological polar surface area (TPSA) is 93.6 Å². The molecule has 9 heteroatoms. The number of aromatic nitrogens is 1. The highest BCUT2D eigenvalue weighted by molar-refractivity contribution is 7.90. The number of aliphatic hydroxyl groups excluding tert-OH is 1. The molecule has 0 bridgehead atoms. The molecular weight excluding hydrogens is 545 g/mol. The van der Waals surface area contributed by atoms with Crippen molar-refractivity contribution in [3.63, 3.8) is 0 Å². The molecule has 0 radical (unpaired) electrons. The second-order valence-electron chi connectivity index (χ2n) is 12.0. The average molecular weight is 586 g/mol. The number of hydrogen-bond acceptors (Lipinski definition) is 6. The van der Waals surface area contributed by atoms with Crippen LogP contribution in [0, 0.1) is 11.7 Å². The molecule has 1 aliphatic carbocycles. The van der Waals surface area contributed by atoms with Crippen LogP contribution >= 0.6 is 0 Å². The number of nitrogens with zero attached hydrogens (tertiary/aromatic N) is 1. The van der Waals surface area contributed by atoms with Crippen LogP contribution in [0.3, 0.4) is 0 Å². The smallest absolute Gasteiger partial charge is 0.258 e. The third kappa shape index (κ3) is 5.48. The van der Waals surface area contributed by atoms with Gasteiger partial charge in [0.05, 0.1) is 23.3 Å². The maximum absolute atomic E-state index is 14.2. The van der Waals surface area contributed by atoms with Crippen LogP contribution in [0.15, 0.2) is 42.6 Å². The highest BCUT2D eigenvalue weighted by Gasteiger charge is 2.50. The minimum Gasteiger partial charge on any atom is -0.541 e. The molecule has 1 N–H and O–H groups in total.